The van der Waals surface area contributed by atoms with Gasteiger partial charge >= 0.3 is 5.51 Å². The van der Waals surface area contributed by atoms with Crippen molar-refractivity contribution < 1.29 is 13.2 Å². The van der Waals surface area contributed by atoms with E-state index in [4.69, 9.17) is 5.73 Å². The number of hydrogen-bond acceptors (Lipinski definition) is 5. The number of pyridine rings is 1. The summed E-state index contributed by atoms with van der Waals surface area (Å²) in [5, 5.41) is -0.107. The maximum Gasteiger partial charge on any atom is 0.447 e. The maximum absolute atomic E-state index is 12.2. The Morgan fingerprint density at radius 2 is 1.95 bits per heavy atom. The van der Waals surface area contributed by atoms with Gasteiger partial charge in [0.15, 0.2) is 0 Å². The minimum atomic E-state index is -4.34. The molecule has 0 saturated carbocycles. The van der Waals surface area contributed by atoms with Crippen LogP contribution in [0.3, 0.4) is 0 Å². The number of thioether (sulfide) groups is 1. The lowest BCUT2D eigenvalue weighted by molar-refractivity contribution is -0.0329. The monoisotopic (exact) mass is 286 g/mol. The lowest BCUT2D eigenvalue weighted by Crippen LogP contribution is -2.01. The van der Waals surface area contributed by atoms with E-state index in [1.807, 2.05) is 0 Å². The van der Waals surface area contributed by atoms with Crippen LogP contribution < -0.4 is 5.73 Å². The predicted molar refractivity (Wildman–Crippen MR) is 65.1 cm³/mol. The fourth-order valence-electron chi connectivity index (χ4n) is 1.38. The standard InChI is InChI=1S/C11H9F3N4S/c12-11(13,14)19-10-2-1-7(5-16-10)9-3-8(4-15)17-6-18-9/h1-3,5-6H,4,15H2. The van der Waals surface area contributed by atoms with E-state index in [1.165, 1.54) is 24.7 Å². The molecule has 0 bridgehead atoms. The van der Waals surface area contributed by atoms with Crippen molar-refractivity contribution in [1.82, 2.24) is 15.0 Å². The average Bonchev–Trinajstić information content (AvgIpc) is 2.38. The zero-order chi connectivity index (χ0) is 13.9. The number of nitrogens with zero attached hydrogens (tertiary/aromatic N) is 3. The Morgan fingerprint density at radius 3 is 2.53 bits per heavy atom. The van der Waals surface area contributed by atoms with Crippen molar-refractivity contribution in [1.29, 1.82) is 0 Å². The second-order valence-corrected chi connectivity index (χ2v) is 4.62. The van der Waals surface area contributed by atoms with Crippen LogP contribution in [0, 0.1) is 0 Å². The summed E-state index contributed by atoms with van der Waals surface area (Å²) in [5.41, 5.74) is 2.96. The molecule has 0 amide bonds. The number of nitrogens with two attached hydrogens (primary N) is 1. The highest BCUT2D eigenvalue weighted by molar-refractivity contribution is 8.00. The van der Waals surface area contributed by atoms with Gasteiger partial charge in [-0.3, -0.25) is 0 Å². The maximum atomic E-state index is 12.2. The molecule has 2 N–H and O–H groups in total. The van der Waals surface area contributed by atoms with Crippen LogP contribution in [0.25, 0.3) is 11.3 Å². The average molecular weight is 286 g/mol. The summed E-state index contributed by atoms with van der Waals surface area (Å²) in [6.07, 6.45) is 2.70. The first-order valence-electron chi connectivity index (χ1n) is 5.21. The van der Waals surface area contributed by atoms with Crippen molar-refractivity contribution in [3.63, 3.8) is 0 Å². The lowest BCUT2D eigenvalue weighted by atomic mass is 10.2. The van der Waals surface area contributed by atoms with Gasteiger partial charge in [0.25, 0.3) is 0 Å². The molecule has 0 aliphatic rings. The van der Waals surface area contributed by atoms with Crippen molar-refractivity contribution in [2.24, 2.45) is 5.73 Å². The molecule has 0 aliphatic heterocycles. The van der Waals surface area contributed by atoms with Gasteiger partial charge in [-0.15, -0.1) is 0 Å². The van der Waals surface area contributed by atoms with Gasteiger partial charge in [0.05, 0.1) is 11.4 Å². The van der Waals surface area contributed by atoms with E-state index in [0.29, 0.717) is 17.0 Å². The van der Waals surface area contributed by atoms with Gasteiger partial charge in [-0.2, -0.15) is 13.2 Å². The molecule has 0 fully saturated rings. The normalized spacial score (nSPS) is 11.6. The van der Waals surface area contributed by atoms with Gasteiger partial charge < -0.3 is 5.73 Å². The zero-order valence-corrected chi connectivity index (χ0v) is 10.4. The Hall–Kier alpha value is -1.67. The van der Waals surface area contributed by atoms with Crippen molar-refractivity contribution in [2.75, 3.05) is 0 Å². The van der Waals surface area contributed by atoms with Gasteiger partial charge in [0.1, 0.15) is 11.4 Å². The van der Waals surface area contributed by atoms with Gasteiger partial charge in [0.2, 0.25) is 0 Å². The summed E-state index contributed by atoms with van der Waals surface area (Å²) in [5.74, 6) is 0. The lowest BCUT2D eigenvalue weighted by Gasteiger charge is -2.06. The van der Waals surface area contributed by atoms with Gasteiger partial charge in [-0.25, -0.2) is 15.0 Å². The summed E-state index contributed by atoms with van der Waals surface area (Å²) >= 11 is -0.252. The first kappa shape index (κ1) is 13.8. The second kappa shape index (κ2) is 5.54. The molecule has 2 rings (SSSR count). The van der Waals surface area contributed by atoms with Crippen molar-refractivity contribution in [3.8, 4) is 11.3 Å². The van der Waals surface area contributed by atoms with Crippen LogP contribution >= 0.6 is 11.8 Å². The summed E-state index contributed by atoms with van der Waals surface area (Å²) in [6, 6.07) is 4.51. The van der Waals surface area contributed by atoms with E-state index in [-0.39, 0.29) is 23.3 Å². The zero-order valence-electron chi connectivity index (χ0n) is 9.55. The Balaban J connectivity index is 2.22. The van der Waals surface area contributed by atoms with Crippen LogP contribution in [0.15, 0.2) is 35.7 Å². The van der Waals surface area contributed by atoms with E-state index in [0.717, 1.165) is 0 Å². The molecule has 2 aromatic heterocycles. The second-order valence-electron chi connectivity index (χ2n) is 3.53. The molecule has 19 heavy (non-hydrogen) atoms. The molecule has 0 unspecified atom stereocenters. The molecule has 2 aromatic rings. The van der Waals surface area contributed by atoms with Crippen LogP contribution in [0.5, 0.6) is 0 Å². The molecule has 0 radical (unpaired) electrons. The Kier molecular flexibility index (Phi) is 4.01. The number of alkyl halides is 3. The molecular formula is C11H9F3N4S. The molecule has 4 nitrogen and oxygen atoms in total. The summed E-state index contributed by atoms with van der Waals surface area (Å²) < 4.78 is 36.5. The van der Waals surface area contributed by atoms with Crippen molar-refractivity contribution in [3.05, 3.63) is 36.4 Å². The highest BCUT2D eigenvalue weighted by atomic mass is 32.2. The number of halogens is 3. The van der Waals surface area contributed by atoms with E-state index in [2.05, 4.69) is 15.0 Å². The highest BCUT2D eigenvalue weighted by Crippen LogP contribution is 2.35. The van der Waals surface area contributed by atoms with Crippen LogP contribution in [0.4, 0.5) is 13.2 Å². The first-order valence-corrected chi connectivity index (χ1v) is 6.03. The van der Waals surface area contributed by atoms with E-state index < -0.39 is 5.51 Å². The highest BCUT2D eigenvalue weighted by Gasteiger charge is 2.29. The molecule has 8 heteroatoms. The first-order chi connectivity index (χ1) is 8.98. The molecule has 0 atom stereocenters. The summed E-state index contributed by atoms with van der Waals surface area (Å²) in [4.78, 5) is 11.7. The molecule has 0 aliphatic carbocycles. The number of rotatable bonds is 3. The quantitative estimate of drug-likeness (QED) is 0.879. The fraction of sp³-hybridized carbons (Fsp3) is 0.182. The number of aromatic nitrogens is 3. The van der Waals surface area contributed by atoms with Crippen LogP contribution in [0.1, 0.15) is 5.69 Å². The third kappa shape index (κ3) is 3.90. The molecule has 100 valence electrons. The Bertz CT molecular complexity index is 557. The van der Waals surface area contributed by atoms with Gasteiger partial charge in [-0.1, -0.05) is 0 Å². The molecule has 0 aromatic carbocycles. The van der Waals surface area contributed by atoms with Crippen LogP contribution in [-0.4, -0.2) is 20.5 Å². The van der Waals surface area contributed by atoms with Crippen molar-refractivity contribution in [2.45, 2.75) is 17.1 Å². The van der Waals surface area contributed by atoms with Gasteiger partial charge in [0, 0.05) is 30.1 Å². The fourth-order valence-corrected chi connectivity index (χ4v) is 1.86. The molecule has 2 heterocycles. The molecule has 0 saturated heterocycles. The Morgan fingerprint density at radius 1 is 1.16 bits per heavy atom. The minimum Gasteiger partial charge on any atom is -0.325 e. The largest absolute Gasteiger partial charge is 0.447 e. The van der Waals surface area contributed by atoms with Crippen molar-refractivity contribution >= 4 is 11.8 Å². The van der Waals surface area contributed by atoms with E-state index in [9.17, 15) is 13.2 Å². The van der Waals surface area contributed by atoms with Crippen LogP contribution in [0.2, 0.25) is 0 Å². The third-order valence-corrected chi connectivity index (χ3v) is 2.87. The molecule has 0 spiro atoms. The Labute approximate surface area is 111 Å². The van der Waals surface area contributed by atoms with Gasteiger partial charge in [-0.05, 0) is 18.2 Å². The third-order valence-electron chi connectivity index (χ3n) is 2.19. The van der Waals surface area contributed by atoms with Crippen LogP contribution in [-0.2, 0) is 6.54 Å². The SMILES string of the molecule is NCc1cc(-c2ccc(SC(F)(F)F)nc2)ncn1. The predicted octanol–water partition coefficient (Wildman–Crippen LogP) is 2.61. The number of hydrogen-bond donors (Lipinski definition) is 1. The topological polar surface area (TPSA) is 64.7 Å². The van der Waals surface area contributed by atoms with E-state index in [1.54, 1.807) is 6.07 Å². The molecular weight excluding hydrogens is 277 g/mol. The van der Waals surface area contributed by atoms with E-state index >= 15 is 0 Å². The smallest absolute Gasteiger partial charge is 0.325 e. The summed E-state index contributed by atoms with van der Waals surface area (Å²) in [6.45, 7) is 0.269. The summed E-state index contributed by atoms with van der Waals surface area (Å²) in [7, 11) is 0. The minimum absolute atomic E-state index is 0.107.